The molecule has 0 radical (unpaired) electrons. The van der Waals surface area contributed by atoms with Crippen LogP contribution in [0.1, 0.15) is 24.8 Å². The summed E-state index contributed by atoms with van der Waals surface area (Å²) in [5.74, 6) is 0.364. The SMILES string of the molecule is O=C1N(Cc2ccccc2)CCC[C@@]12CCNC2. The maximum atomic E-state index is 12.6. The highest BCUT2D eigenvalue weighted by Crippen LogP contribution is 2.37. The standard InChI is InChI=1S/C15H20N2O/c18-14-15(8-9-16-12-15)7-4-10-17(14)11-13-5-2-1-3-6-13/h1-3,5-6,16H,4,7-12H2/t15-/m0/s1. The van der Waals surface area contributed by atoms with Crippen molar-refractivity contribution in [3.63, 3.8) is 0 Å². The molecule has 1 aromatic rings. The van der Waals surface area contributed by atoms with Gasteiger partial charge in [-0.2, -0.15) is 0 Å². The lowest BCUT2D eigenvalue weighted by Gasteiger charge is -2.39. The Morgan fingerprint density at radius 1 is 1.22 bits per heavy atom. The van der Waals surface area contributed by atoms with Gasteiger partial charge in [-0.05, 0) is 31.4 Å². The molecule has 2 aliphatic heterocycles. The third kappa shape index (κ3) is 2.03. The first-order chi connectivity index (χ1) is 8.80. The molecule has 0 saturated carbocycles. The summed E-state index contributed by atoms with van der Waals surface area (Å²) in [6.45, 7) is 3.54. The van der Waals surface area contributed by atoms with E-state index in [0.29, 0.717) is 5.91 Å². The smallest absolute Gasteiger partial charge is 0.230 e. The molecule has 0 unspecified atom stereocenters. The third-order valence-corrected chi connectivity index (χ3v) is 4.28. The van der Waals surface area contributed by atoms with Gasteiger partial charge in [0.15, 0.2) is 0 Å². The Balaban J connectivity index is 1.75. The van der Waals surface area contributed by atoms with Crippen LogP contribution < -0.4 is 5.32 Å². The molecule has 1 spiro atoms. The average Bonchev–Trinajstić information content (AvgIpc) is 2.86. The van der Waals surface area contributed by atoms with Crippen molar-refractivity contribution in [3.8, 4) is 0 Å². The second kappa shape index (κ2) is 4.73. The van der Waals surface area contributed by atoms with Crippen molar-refractivity contribution >= 4 is 5.91 Å². The first-order valence-electron chi connectivity index (χ1n) is 6.84. The topological polar surface area (TPSA) is 32.3 Å². The predicted molar refractivity (Wildman–Crippen MR) is 71.0 cm³/mol. The van der Waals surface area contributed by atoms with Crippen LogP contribution in [0.4, 0.5) is 0 Å². The molecule has 3 rings (SSSR count). The molecule has 0 bridgehead atoms. The maximum Gasteiger partial charge on any atom is 0.230 e. The lowest BCUT2D eigenvalue weighted by Crippen LogP contribution is -2.49. The first-order valence-corrected chi connectivity index (χ1v) is 6.84. The van der Waals surface area contributed by atoms with Crippen molar-refractivity contribution in [2.24, 2.45) is 5.41 Å². The minimum atomic E-state index is -0.0902. The highest BCUT2D eigenvalue weighted by Gasteiger charge is 2.45. The summed E-state index contributed by atoms with van der Waals surface area (Å²) >= 11 is 0. The van der Waals surface area contributed by atoms with Crippen molar-refractivity contribution < 1.29 is 4.79 Å². The number of rotatable bonds is 2. The van der Waals surface area contributed by atoms with Crippen LogP contribution in [0.3, 0.4) is 0 Å². The molecule has 18 heavy (non-hydrogen) atoms. The molecule has 0 aromatic heterocycles. The van der Waals surface area contributed by atoms with E-state index in [1.807, 2.05) is 23.1 Å². The number of amides is 1. The summed E-state index contributed by atoms with van der Waals surface area (Å²) < 4.78 is 0. The zero-order chi connectivity index (χ0) is 12.4. The maximum absolute atomic E-state index is 12.6. The summed E-state index contributed by atoms with van der Waals surface area (Å²) in [6, 6.07) is 10.3. The van der Waals surface area contributed by atoms with Crippen molar-refractivity contribution in [2.45, 2.75) is 25.8 Å². The van der Waals surface area contributed by atoms with Crippen LogP contribution in [0.2, 0.25) is 0 Å². The van der Waals surface area contributed by atoms with Crippen LogP contribution in [0, 0.1) is 5.41 Å². The van der Waals surface area contributed by atoms with Gasteiger partial charge in [0, 0.05) is 19.6 Å². The Kier molecular flexibility index (Phi) is 3.08. The monoisotopic (exact) mass is 244 g/mol. The fourth-order valence-electron chi connectivity index (χ4n) is 3.25. The molecule has 1 aromatic carbocycles. The predicted octanol–water partition coefficient (Wildman–Crippen LogP) is 1.79. The van der Waals surface area contributed by atoms with Gasteiger partial charge in [-0.1, -0.05) is 30.3 Å². The molecule has 2 fully saturated rings. The Hall–Kier alpha value is -1.35. The molecule has 2 aliphatic rings. The van der Waals surface area contributed by atoms with Gasteiger partial charge in [0.1, 0.15) is 0 Å². The number of carbonyl (C=O) groups excluding carboxylic acids is 1. The Morgan fingerprint density at radius 3 is 2.78 bits per heavy atom. The summed E-state index contributed by atoms with van der Waals surface area (Å²) in [7, 11) is 0. The highest BCUT2D eigenvalue weighted by atomic mass is 16.2. The number of benzene rings is 1. The van der Waals surface area contributed by atoms with E-state index in [0.717, 1.165) is 45.4 Å². The molecule has 0 aliphatic carbocycles. The largest absolute Gasteiger partial charge is 0.338 e. The molecule has 96 valence electrons. The van der Waals surface area contributed by atoms with Gasteiger partial charge >= 0.3 is 0 Å². The Bertz CT molecular complexity index is 423. The number of nitrogens with one attached hydrogen (secondary N) is 1. The zero-order valence-corrected chi connectivity index (χ0v) is 10.7. The van der Waals surface area contributed by atoms with E-state index in [9.17, 15) is 4.79 Å². The number of hydrogen-bond acceptors (Lipinski definition) is 2. The van der Waals surface area contributed by atoms with Crippen LogP contribution >= 0.6 is 0 Å². The van der Waals surface area contributed by atoms with E-state index in [2.05, 4.69) is 17.4 Å². The van der Waals surface area contributed by atoms with Gasteiger partial charge in [-0.25, -0.2) is 0 Å². The zero-order valence-electron chi connectivity index (χ0n) is 10.7. The average molecular weight is 244 g/mol. The summed E-state index contributed by atoms with van der Waals surface area (Å²) in [6.07, 6.45) is 3.21. The number of nitrogens with zero attached hydrogens (tertiary/aromatic N) is 1. The molecule has 1 N–H and O–H groups in total. The fraction of sp³-hybridized carbons (Fsp3) is 0.533. The minimum absolute atomic E-state index is 0.0902. The highest BCUT2D eigenvalue weighted by molar-refractivity contribution is 5.84. The molecular weight excluding hydrogens is 224 g/mol. The number of likely N-dealkylation sites (tertiary alicyclic amines) is 1. The van der Waals surface area contributed by atoms with E-state index in [-0.39, 0.29) is 5.41 Å². The summed E-state index contributed by atoms with van der Waals surface area (Å²) in [5.41, 5.74) is 1.14. The summed E-state index contributed by atoms with van der Waals surface area (Å²) in [5, 5.41) is 3.35. The van der Waals surface area contributed by atoms with Gasteiger partial charge in [0.25, 0.3) is 0 Å². The van der Waals surface area contributed by atoms with E-state index in [1.54, 1.807) is 0 Å². The van der Waals surface area contributed by atoms with Crippen molar-refractivity contribution in [3.05, 3.63) is 35.9 Å². The van der Waals surface area contributed by atoms with Crippen LogP contribution in [0.15, 0.2) is 30.3 Å². The number of hydrogen-bond donors (Lipinski definition) is 1. The van der Waals surface area contributed by atoms with Crippen molar-refractivity contribution in [1.82, 2.24) is 10.2 Å². The van der Waals surface area contributed by atoms with E-state index in [1.165, 1.54) is 5.56 Å². The Labute approximate surface area is 108 Å². The second-order valence-electron chi connectivity index (χ2n) is 5.52. The fourth-order valence-corrected chi connectivity index (χ4v) is 3.25. The van der Waals surface area contributed by atoms with Crippen molar-refractivity contribution in [1.29, 1.82) is 0 Å². The van der Waals surface area contributed by atoms with Gasteiger partial charge < -0.3 is 10.2 Å². The van der Waals surface area contributed by atoms with E-state index >= 15 is 0 Å². The normalized spacial score (nSPS) is 28.0. The molecular formula is C15H20N2O. The van der Waals surface area contributed by atoms with Gasteiger partial charge in [-0.15, -0.1) is 0 Å². The van der Waals surface area contributed by atoms with Crippen molar-refractivity contribution in [2.75, 3.05) is 19.6 Å². The molecule has 3 nitrogen and oxygen atoms in total. The second-order valence-corrected chi connectivity index (χ2v) is 5.52. The van der Waals surface area contributed by atoms with Crippen LogP contribution in [-0.4, -0.2) is 30.4 Å². The Morgan fingerprint density at radius 2 is 2.06 bits per heavy atom. The van der Waals surface area contributed by atoms with Gasteiger partial charge in [-0.3, -0.25) is 4.79 Å². The lowest BCUT2D eigenvalue weighted by atomic mass is 9.78. The van der Waals surface area contributed by atoms with Crippen LogP contribution in [0.5, 0.6) is 0 Å². The molecule has 1 atom stereocenters. The van der Waals surface area contributed by atoms with Gasteiger partial charge in [0.05, 0.1) is 5.41 Å². The molecule has 2 saturated heterocycles. The van der Waals surface area contributed by atoms with Crippen LogP contribution in [-0.2, 0) is 11.3 Å². The molecule has 2 heterocycles. The van der Waals surface area contributed by atoms with E-state index in [4.69, 9.17) is 0 Å². The molecule has 3 heteroatoms. The third-order valence-electron chi connectivity index (χ3n) is 4.28. The van der Waals surface area contributed by atoms with Gasteiger partial charge in [0.2, 0.25) is 5.91 Å². The number of piperidine rings is 1. The molecule has 1 amide bonds. The first kappa shape index (κ1) is 11.7. The minimum Gasteiger partial charge on any atom is -0.338 e. The number of carbonyl (C=O) groups is 1. The summed E-state index contributed by atoms with van der Waals surface area (Å²) in [4.78, 5) is 14.7. The van der Waals surface area contributed by atoms with Crippen LogP contribution in [0.25, 0.3) is 0 Å². The quantitative estimate of drug-likeness (QED) is 0.860. The van der Waals surface area contributed by atoms with E-state index < -0.39 is 0 Å². The lowest BCUT2D eigenvalue weighted by molar-refractivity contribution is -0.145.